The number of rotatable bonds is 10. The Bertz CT molecular complexity index is 1650. The predicted molar refractivity (Wildman–Crippen MR) is 167 cm³/mol. The van der Waals surface area contributed by atoms with Crippen LogP contribution in [0.3, 0.4) is 0 Å². The highest BCUT2D eigenvalue weighted by atomic mass is 35.5. The van der Waals surface area contributed by atoms with Gasteiger partial charge in [0.25, 0.3) is 11.8 Å². The van der Waals surface area contributed by atoms with Crippen LogP contribution in [0.5, 0.6) is 0 Å². The summed E-state index contributed by atoms with van der Waals surface area (Å²) in [6, 6.07) is 8.89. The summed E-state index contributed by atoms with van der Waals surface area (Å²) in [6.07, 6.45) is -0.0917. The molecule has 0 bridgehead atoms. The van der Waals surface area contributed by atoms with E-state index in [1.165, 1.54) is 4.90 Å². The maximum Gasteiger partial charge on any atom is 0.510 e. The van der Waals surface area contributed by atoms with Gasteiger partial charge in [-0.05, 0) is 72.9 Å². The number of nitrogens with zero attached hydrogens (tertiary/aromatic N) is 2. The third-order valence-electron chi connectivity index (χ3n) is 6.97. The number of hydrogen-bond donors (Lipinski definition) is 2. The van der Waals surface area contributed by atoms with Gasteiger partial charge >= 0.3 is 12.2 Å². The lowest BCUT2D eigenvalue weighted by Crippen LogP contribution is -2.55. The minimum Gasteiger partial charge on any atom is -0.433 e. The van der Waals surface area contributed by atoms with E-state index < -0.39 is 50.4 Å². The number of benzene rings is 2. The fourth-order valence-electron chi connectivity index (χ4n) is 4.86. The molecule has 2 aromatic carbocycles. The molecule has 45 heavy (non-hydrogen) atoms. The molecule has 0 saturated carbocycles. The molecular weight excluding hydrogens is 648 g/mol. The van der Waals surface area contributed by atoms with Crippen molar-refractivity contribution in [2.45, 2.75) is 57.5 Å². The van der Waals surface area contributed by atoms with Gasteiger partial charge in [-0.15, -0.1) is 0 Å². The lowest BCUT2D eigenvalue weighted by molar-refractivity contribution is -0.157. The fourth-order valence-corrected chi connectivity index (χ4v) is 8.57. The van der Waals surface area contributed by atoms with Gasteiger partial charge in [-0.25, -0.2) is 22.9 Å². The molecule has 1 atom stereocenters. The van der Waals surface area contributed by atoms with E-state index in [9.17, 15) is 32.4 Å². The van der Waals surface area contributed by atoms with E-state index in [4.69, 9.17) is 21.1 Å². The van der Waals surface area contributed by atoms with Crippen LogP contribution in [0.25, 0.3) is 0 Å². The van der Waals surface area contributed by atoms with Crippen LogP contribution in [-0.4, -0.2) is 78.5 Å². The Labute approximate surface area is 269 Å². The van der Waals surface area contributed by atoms with Gasteiger partial charge in [-0.2, -0.15) is 0 Å². The van der Waals surface area contributed by atoms with Crippen molar-refractivity contribution in [3.05, 3.63) is 63.7 Å². The number of piperidine rings is 1. The average Bonchev–Trinajstić information content (AvgIpc) is 3.26. The zero-order valence-electron chi connectivity index (χ0n) is 25.0. The number of ether oxygens (including phenoxy) is 2. The van der Waals surface area contributed by atoms with Crippen LogP contribution >= 0.6 is 22.4 Å². The number of halogens is 1. The molecule has 16 heteroatoms. The van der Waals surface area contributed by atoms with E-state index in [1.54, 1.807) is 50.2 Å². The molecule has 2 aromatic rings. The molecule has 2 heterocycles. The van der Waals surface area contributed by atoms with Crippen molar-refractivity contribution >= 4 is 66.9 Å². The number of fused-ring (bicyclic) bond motifs is 1. The summed E-state index contributed by atoms with van der Waals surface area (Å²) in [4.78, 5) is 65.7. The number of carbonyl (C=O) groups is 5. The van der Waals surface area contributed by atoms with Crippen LogP contribution in [-0.2, 0) is 41.0 Å². The Kier molecular flexibility index (Phi) is 10.3. The lowest BCUT2D eigenvalue weighted by atomic mass is 10.0. The summed E-state index contributed by atoms with van der Waals surface area (Å²) >= 11 is 6.11. The number of anilines is 1. The summed E-state index contributed by atoms with van der Waals surface area (Å²) < 4.78 is 32.1. The number of imide groups is 1. The van der Waals surface area contributed by atoms with Crippen molar-refractivity contribution in [1.29, 1.82) is 0 Å². The van der Waals surface area contributed by atoms with E-state index in [0.29, 0.717) is 32.6 Å². The van der Waals surface area contributed by atoms with Crippen molar-refractivity contribution in [3.8, 4) is 0 Å². The summed E-state index contributed by atoms with van der Waals surface area (Å²) in [5.41, 5.74) is 3.23. The van der Waals surface area contributed by atoms with Crippen LogP contribution in [0.15, 0.2) is 36.4 Å². The van der Waals surface area contributed by atoms with Gasteiger partial charge in [0.1, 0.15) is 12.6 Å². The second kappa shape index (κ2) is 13.7. The maximum atomic E-state index is 13.3. The molecule has 242 valence electrons. The van der Waals surface area contributed by atoms with Gasteiger partial charge in [0.05, 0.1) is 4.75 Å². The molecule has 1 fully saturated rings. The van der Waals surface area contributed by atoms with E-state index in [-0.39, 0.29) is 38.4 Å². The Morgan fingerprint density at radius 2 is 1.84 bits per heavy atom. The molecule has 0 radical (unpaired) electrons. The average molecular weight is 681 g/mol. The van der Waals surface area contributed by atoms with Gasteiger partial charge in [-0.1, -0.05) is 29.8 Å². The molecule has 13 nitrogen and oxygen atoms in total. The van der Waals surface area contributed by atoms with Gasteiger partial charge in [0.2, 0.25) is 5.91 Å². The molecule has 2 aliphatic rings. The second-order valence-corrected chi connectivity index (χ2v) is 16.7. The zero-order chi connectivity index (χ0) is 33.1. The number of hydrogen-bond acceptors (Lipinski definition) is 10. The number of carbonyl (C=O) groups excluding carboxylic acids is 5. The summed E-state index contributed by atoms with van der Waals surface area (Å²) in [6.45, 7) is 4.28. The van der Waals surface area contributed by atoms with Gasteiger partial charge in [-0.3, -0.25) is 14.4 Å². The van der Waals surface area contributed by atoms with Crippen LogP contribution < -0.4 is 10.6 Å². The largest absolute Gasteiger partial charge is 0.510 e. The molecule has 4 rings (SSSR count). The quantitative estimate of drug-likeness (QED) is 0.212. The fraction of sp³-hybridized carbons (Fsp3) is 0.414. The highest BCUT2D eigenvalue weighted by molar-refractivity contribution is 8.72. The lowest BCUT2D eigenvalue weighted by Gasteiger charge is -2.34. The molecule has 2 aliphatic heterocycles. The highest BCUT2D eigenvalue weighted by Gasteiger charge is 2.43. The number of nitrogens with one attached hydrogen (secondary N) is 2. The standard InChI is InChI=1S/C29H33ClN4O9S2/c1-17-5-7-20(12-22(17)30)32-27(38)31-13-18-6-8-21-19(11-18)14-33(25(21)36)23-9-10-24(35)34(26(23)37)16-43-28(39)42-15-29(2,3)44-45(4,40)41/h5-8,11-12,23H,9-10,13-16H2,1-4H3,(H2,31,32,38). The van der Waals surface area contributed by atoms with Crippen LogP contribution in [0, 0.1) is 6.92 Å². The monoisotopic (exact) mass is 680 g/mol. The number of urea groups is 1. The molecule has 5 amide bonds. The maximum absolute atomic E-state index is 13.3. The van der Waals surface area contributed by atoms with E-state index in [2.05, 4.69) is 10.6 Å². The molecule has 2 N–H and O–H groups in total. The highest BCUT2D eigenvalue weighted by Crippen LogP contribution is 2.31. The predicted octanol–water partition coefficient (Wildman–Crippen LogP) is 4.03. The Hall–Kier alpha value is -3.82. The van der Waals surface area contributed by atoms with E-state index in [1.807, 2.05) is 6.92 Å². The first-order chi connectivity index (χ1) is 21.0. The van der Waals surface area contributed by atoms with Gasteiger partial charge < -0.3 is 25.0 Å². The summed E-state index contributed by atoms with van der Waals surface area (Å²) in [5.74, 6) is -1.64. The summed E-state index contributed by atoms with van der Waals surface area (Å²) in [5, 5.41) is 6.00. The van der Waals surface area contributed by atoms with Crippen molar-refractivity contribution in [2.75, 3.05) is 24.9 Å². The smallest absolute Gasteiger partial charge is 0.433 e. The normalized spacial score (nSPS) is 16.8. The third kappa shape index (κ3) is 8.89. The van der Waals surface area contributed by atoms with Crippen molar-refractivity contribution < 1.29 is 41.9 Å². The van der Waals surface area contributed by atoms with E-state index >= 15 is 0 Å². The number of amides is 5. The Morgan fingerprint density at radius 3 is 2.53 bits per heavy atom. The van der Waals surface area contributed by atoms with Crippen LogP contribution in [0.2, 0.25) is 5.02 Å². The first-order valence-electron chi connectivity index (χ1n) is 13.8. The van der Waals surface area contributed by atoms with E-state index in [0.717, 1.165) is 22.3 Å². The van der Waals surface area contributed by atoms with Gasteiger partial charge in [0.15, 0.2) is 15.6 Å². The zero-order valence-corrected chi connectivity index (χ0v) is 27.4. The van der Waals surface area contributed by atoms with Gasteiger partial charge in [0, 0.05) is 42.0 Å². The second-order valence-electron chi connectivity index (χ2n) is 11.3. The minimum absolute atomic E-state index is 0.0521. The first kappa shape index (κ1) is 34.1. The molecule has 0 spiro atoms. The van der Waals surface area contributed by atoms with Crippen molar-refractivity contribution in [3.63, 3.8) is 0 Å². The van der Waals surface area contributed by atoms with Crippen molar-refractivity contribution in [1.82, 2.24) is 15.1 Å². The number of aryl methyl sites for hydroxylation is 1. The van der Waals surface area contributed by atoms with Crippen molar-refractivity contribution in [2.24, 2.45) is 0 Å². The molecule has 1 unspecified atom stereocenters. The first-order valence-corrected chi connectivity index (χ1v) is 17.4. The number of likely N-dealkylation sites (tertiary alicyclic amines) is 1. The molecule has 1 saturated heterocycles. The minimum atomic E-state index is -3.40. The SMILES string of the molecule is Cc1ccc(NC(=O)NCc2ccc3c(c2)CN(C2CCC(=O)N(COC(=O)OCC(C)(C)SS(C)(=O)=O)C2=O)C3=O)cc1Cl. The molecular formula is C29H33ClN4O9S2. The summed E-state index contributed by atoms with van der Waals surface area (Å²) in [7, 11) is -2.78. The third-order valence-corrected chi connectivity index (χ3v) is 10.5. The molecule has 0 aliphatic carbocycles. The van der Waals surface area contributed by atoms with Crippen LogP contribution in [0.4, 0.5) is 15.3 Å². The molecule has 0 aromatic heterocycles. The van der Waals surface area contributed by atoms with Crippen LogP contribution in [0.1, 0.15) is 53.7 Å². The topological polar surface area (TPSA) is 168 Å². The Balaban J connectivity index is 1.32. The Morgan fingerprint density at radius 1 is 1.11 bits per heavy atom.